The van der Waals surface area contributed by atoms with Gasteiger partial charge in [-0.3, -0.25) is 9.78 Å². The lowest BCUT2D eigenvalue weighted by atomic mass is 10.0. The quantitative estimate of drug-likeness (QED) is 0.224. The van der Waals surface area contributed by atoms with Crippen LogP contribution in [0.25, 0.3) is 11.3 Å². The van der Waals surface area contributed by atoms with E-state index in [1.807, 2.05) is 30.3 Å². The van der Waals surface area contributed by atoms with Crippen LogP contribution in [0.1, 0.15) is 28.4 Å². The van der Waals surface area contributed by atoms with Crippen molar-refractivity contribution >= 4 is 23.0 Å². The molecule has 0 bridgehead atoms. The second-order valence-corrected chi connectivity index (χ2v) is 8.44. The predicted molar refractivity (Wildman–Crippen MR) is 147 cm³/mol. The number of benzene rings is 3. The molecule has 0 unspecified atom stereocenters. The van der Waals surface area contributed by atoms with Gasteiger partial charge in [-0.05, 0) is 55.0 Å². The number of rotatable bonds is 10. The molecule has 4 aromatic rings. The Morgan fingerprint density at radius 2 is 1.78 bits per heavy atom. The fraction of sp³-hybridized carbons (Fsp3) is 0.167. The Balaban J connectivity index is 1.36. The summed E-state index contributed by atoms with van der Waals surface area (Å²) in [5, 5.41) is 12.5. The summed E-state index contributed by atoms with van der Waals surface area (Å²) in [6, 6.07) is 28.3. The summed E-state index contributed by atoms with van der Waals surface area (Å²) in [4.78, 5) is 19.4. The number of aromatic nitrogens is 1. The van der Waals surface area contributed by atoms with Crippen LogP contribution in [0, 0.1) is 11.3 Å². The number of anilines is 3. The summed E-state index contributed by atoms with van der Waals surface area (Å²) in [6.07, 6.45) is 1.73. The first-order valence-electron chi connectivity index (χ1n) is 12.1. The molecule has 0 saturated heterocycles. The van der Waals surface area contributed by atoms with E-state index in [4.69, 9.17) is 10.5 Å². The number of nitriles is 1. The van der Waals surface area contributed by atoms with E-state index in [1.54, 1.807) is 48.7 Å². The van der Waals surface area contributed by atoms with Crippen LogP contribution >= 0.6 is 0 Å². The Kier molecular flexibility index (Phi) is 8.48. The fourth-order valence-electron chi connectivity index (χ4n) is 3.96. The Bertz CT molecular complexity index is 1380. The Hall–Kier alpha value is -4.67. The van der Waals surface area contributed by atoms with Crippen LogP contribution in [-0.4, -0.2) is 30.6 Å². The Morgan fingerprint density at radius 3 is 2.49 bits per heavy atom. The van der Waals surface area contributed by atoms with Crippen LogP contribution in [-0.2, 0) is 11.3 Å². The largest absolute Gasteiger partial charge is 0.397 e. The number of carbonyl (C=O) groups is 1. The van der Waals surface area contributed by atoms with Gasteiger partial charge in [-0.2, -0.15) is 5.26 Å². The third-order valence-electron chi connectivity index (χ3n) is 5.97. The maximum Gasteiger partial charge on any atom is 0.255 e. The molecule has 0 fully saturated rings. The molecule has 37 heavy (non-hydrogen) atoms. The smallest absolute Gasteiger partial charge is 0.255 e. The number of amides is 1. The van der Waals surface area contributed by atoms with E-state index < -0.39 is 0 Å². The van der Waals surface area contributed by atoms with E-state index in [-0.39, 0.29) is 5.91 Å². The van der Waals surface area contributed by atoms with Crippen molar-refractivity contribution in [1.29, 1.82) is 5.26 Å². The zero-order chi connectivity index (χ0) is 26.0. The maximum absolute atomic E-state index is 12.6. The third kappa shape index (κ3) is 6.51. The van der Waals surface area contributed by atoms with Gasteiger partial charge in [0.15, 0.2) is 0 Å². The number of pyridine rings is 1. The van der Waals surface area contributed by atoms with Crippen molar-refractivity contribution in [3.05, 3.63) is 108 Å². The first-order valence-corrected chi connectivity index (χ1v) is 12.1. The highest BCUT2D eigenvalue weighted by Gasteiger charge is 2.12. The molecule has 0 aliphatic rings. The van der Waals surface area contributed by atoms with Crippen molar-refractivity contribution in [2.75, 3.05) is 35.6 Å². The number of nitrogens with zero attached hydrogens (tertiary/aromatic N) is 3. The predicted octanol–water partition coefficient (Wildman–Crippen LogP) is 5.50. The minimum Gasteiger partial charge on any atom is -0.397 e. The second-order valence-electron chi connectivity index (χ2n) is 8.44. The van der Waals surface area contributed by atoms with Gasteiger partial charge in [0, 0.05) is 36.1 Å². The highest BCUT2D eigenvalue weighted by atomic mass is 16.5. The van der Waals surface area contributed by atoms with Gasteiger partial charge in [0.25, 0.3) is 5.91 Å². The van der Waals surface area contributed by atoms with Crippen LogP contribution < -0.4 is 16.0 Å². The summed E-state index contributed by atoms with van der Waals surface area (Å²) < 4.78 is 5.87. The van der Waals surface area contributed by atoms with Crippen molar-refractivity contribution in [3.63, 3.8) is 0 Å². The first kappa shape index (κ1) is 25.4. The molecule has 4 rings (SSSR count). The standard InChI is InChI=1S/C30H29N5O2/c1-2-35(26-8-4-3-5-9-26)16-17-37-21-22-18-25(19-31)29(33-20-22)23-12-14-24(15-13-23)30(36)34-28-11-7-6-10-27(28)32/h3-15,18,20H,2,16-17,21,32H2,1H3,(H,34,36). The van der Waals surface area contributed by atoms with E-state index >= 15 is 0 Å². The van der Waals surface area contributed by atoms with E-state index in [1.165, 1.54) is 5.69 Å². The van der Waals surface area contributed by atoms with Crippen molar-refractivity contribution in [2.24, 2.45) is 0 Å². The van der Waals surface area contributed by atoms with E-state index in [2.05, 4.69) is 40.3 Å². The molecule has 3 aromatic carbocycles. The van der Waals surface area contributed by atoms with Gasteiger partial charge in [-0.15, -0.1) is 0 Å². The minimum atomic E-state index is -0.265. The lowest BCUT2D eigenvalue weighted by Crippen LogP contribution is -2.26. The number of hydrogen-bond donors (Lipinski definition) is 2. The molecular formula is C30H29N5O2. The molecule has 7 nitrogen and oxygen atoms in total. The maximum atomic E-state index is 12.6. The summed E-state index contributed by atoms with van der Waals surface area (Å²) in [6.45, 7) is 4.71. The summed E-state index contributed by atoms with van der Waals surface area (Å²) in [5.41, 5.74) is 11.2. The fourth-order valence-corrected chi connectivity index (χ4v) is 3.96. The number of nitrogens with two attached hydrogens (primary N) is 1. The van der Waals surface area contributed by atoms with Gasteiger partial charge in [-0.1, -0.05) is 42.5 Å². The van der Waals surface area contributed by atoms with Crippen LogP contribution in [0.5, 0.6) is 0 Å². The van der Waals surface area contributed by atoms with Gasteiger partial charge in [0.1, 0.15) is 6.07 Å². The molecule has 0 aliphatic carbocycles. The molecule has 1 aromatic heterocycles. The summed E-state index contributed by atoms with van der Waals surface area (Å²) in [5.74, 6) is -0.265. The summed E-state index contributed by atoms with van der Waals surface area (Å²) in [7, 11) is 0. The minimum absolute atomic E-state index is 0.265. The number of ether oxygens (including phenoxy) is 1. The number of nitrogen functional groups attached to an aromatic ring is 1. The molecule has 1 amide bonds. The van der Waals surface area contributed by atoms with Crippen LogP contribution in [0.4, 0.5) is 17.1 Å². The number of likely N-dealkylation sites (N-methyl/N-ethyl adjacent to an activating group) is 1. The van der Waals surface area contributed by atoms with Crippen LogP contribution in [0.2, 0.25) is 0 Å². The van der Waals surface area contributed by atoms with Crippen molar-refractivity contribution in [2.45, 2.75) is 13.5 Å². The van der Waals surface area contributed by atoms with Crippen molar-refractivity contribution < 1.29 is 9.53 Å². The third-order valence-corrected chi connectivity index (χ3v) is 5.97. The van der Waals surface area contributed by atoms with E-state index in [9.17, 15) is 10.1 Å². The molecule has 1 heterocycles. The zero-order valence-electron chi connectivity index (χ0n) is 20.7. The molecule has 0 aliphatic heterocycles. The van der Waals surface area contributed by atoms with Gasteiger partial charge < -0.3 is 20.7 Å². The van der Waals surface area contributed by atoms with Gasteiger partial charge in [-0.25, -0.2) is 0 Å². The summed E-state index contributed by atoms with van der Waals surface area (Å²) >= 11 is 0. The molecule has 186 valence electrons. The van der Waals surface area contributed by atoms with Crippen LogP contribution in [0.15, 0.2) is 91.1 Å². The first-order chi connectivity index (χ1) is 18.1. The molecule has 3 N–H and O–H groups in total. The van der Waals surface area contributed by atoms with Gasteiger partial charge >= 0.3 is 0 Å². The number of para-hydroxylation sites is 3. The Morgan fingerprint density at radius 1 is 1.05 bits per heavy atom. The topological polar surface area (TPSA) is 104 Å². The Labute approximate surface area is 217 Å². The average molecular weight is 492 g/mol. The SMILES string of the molecule is CCN(CCOCc1cnc(-c2ccc(C(=O)Nc3ccccc3N)cc2)c(C#N)c1)c1ccccc1. The number of hydrogen-bond acceptors (Lipinski definition) is 6. The number of nitrogens with one attached hydrogen (secondary N) is 1. The van der Waals surface area contributed by atoms with Gasteiger partial charge in [0.2, 0.25) is 0 Å². The van der Waals surface area contributed by atoms with Crippen molar-refractivity contribution in [1.82, 2.24) is 4.98 Å². The molecule has 0 saturated carbocycles. The number of carbonyl (C=O) groups excluding carboxylic acids is 1. The monoisotopic (exact) mass is 491 g/mol. The normalized spacial score (nSPS) is 10.5. The average Bonchev–Trinajstić information content (AvgIpc) is 2.94. The van der Waals surface area contributed by atoms with E-state index in [0.29, 0.717) is 41.4 Å². The molecule has 0 atom stereocenters. The molecule has 0 radical (unpaired) electrons. The second kappa shape index (κ2) is 12.3. The molecule has 7 heteroatoms. The zero-order valence-corrected chi connectivity index (χ0v) is 20.7. The highest BCUT2D eigenvalue weighted by Crippen LogP contribution is 2.24. The van der Waals surface area contributed by atoms with Crippen LogP contribution in [0.3, 0.4) is 0 Å². The van der Waals surface area contributed by atoms with E-state index in [0.717, 1.165) is 24.2 Å². The molecule has 0 spiro atoms. The molecular weight excluding hydrogens is 462 g/mol. The van der Waals surface area contributed by atoms with Crippen molar-refractivity contribution in [3.8, 4) is 17.3 Å². The highest BCUT2D eigenvalue weighted by molar-refractivity contribution is 6.05. The lowest BCUT2D eigenvalue weighted by Gasteiger charge is -2.22. The van der Waals surface area contributed by atoms with Gasteiger partial charge in [0.05, 0.1) is 35.8 Å². The lowest BCUT2D eigenvalue weighted by molar-refractivity contribution is 0.102.